The molecule has 0 heterocycles. The van der Waals surface area contributed by atoms with E-state index in [1.807, 2.05) is 39.8 Å². The molecule has 0 fully saturated rings. The molecule has 0 bridgehead atoms. The zero-order valence-electron chi connectivity index (χ0n) is 16.6. The number of hydrogen-bond acceptors (Lipinski definition) is 4. The fraction of sp³-hybridized carbons (Fsp3) is 0.650. The Morgan fingerprint density at radius 2 is 1.46 bits per heavy atom. The first kappa shape index (κ1) is 20.3. The van der Waals surface area contributed by atoms with Gasteiger partial charge in [0, 0.05) is 0 Å². The standard InChI is InChI=1S/C20H32O4/c1-10-14(24-18(21)20(5,6)7)17-15(22-8)11-13(19(2,3)4)12-16(17)23-9/h11-12,14H,10H2,1-9H3. The summed E-state index contributed by atoms with van der Waals surface area (Å²) in [6.07, 6.45) is 0.235. The number of ether oxygens (including phenoxy) is 3. The fourth-order valence-electron chi connectivity index (χ4n) is 2.34. The predicted molar refractivity (Wildman–Crippen MR) is 96.8 cm³/mol. The van der Waals surface area contributed by atoms with E-state index in [0.717, 1.165) is 11.1 Å². The topological polar surface area (TPSA) is 44.8 Å². The number of carbonyl (C=O) groups excluding carboxylic acids is 1. The van der Waals surface area contributed by atoms with Crippen LogP contribution in [0, 0.1) is 5.41 Å². The van der Waals surface area contributed by atoms with Crippen LogP contribution in [0.15, 0.2) is 12.1 Å². The van der Waals surface area contributed by atoms with Crippen molar-refractivity contribution in [1.29, 1.82) is 0 Å². The molecule has 1 unspecified atom stereocenters. The number of rotatable bonds is 5. The van der Waals surface area contributed by atoms with Gasteiger partial charge in [-0.2, -0.15) is 0 Å². The van der Waals surface area contributed by atoms with Crippen molar-refractivity contribution in [2.75, 3.05) is 14.2 Å². The van der Waals surface area contributed by atoms with E-state index in [4.69, 9.17) is 14.2 Å². The van der Waals surface area contributed by atoms with Crippen molar-refractivity contribution < 1.29 is 19.0 Å². The van der Waals surface area contributed by atoms with Gasteiger partial charge >= 0.3 is 5.97 Å². The molecule has 4 heteroatoms. The van der Waals surface area contributed by atoms with Crippen molar-refractivity contribution in [2.24, 2.45) is 5.41 Å². The van der Waals surface area contributed by atoms with E-state index in [1.54, 1.807) is 14.2 Å². The van der Waals surface area contributed by atoms with Gasteiger partial charge in [0.15, 0.2) is 0 Å². The van der Waals surface area contributed by atoms with E-state index in [9.17, 15) is 4.79 Å². The summed E-state index contributed by atoms with van der Waals surface area (Å²) in [5.74, 6) is 1.14. The van der Waals surface area contributed by atoms with Crippen LogP contribution in [0.5, 0.6) is 11.5 Å². The summed E-state index contributed by atoms with van der Waals surface area (Å²) in [4.78, 5) is 12.3. The smallest absolute Gasteiger partial charge is 0.311 e. The van der Waals surface area contributed by atoms with Gasteiger partial charge in [-0.25, -0.2) is 0 Å². The zero-order valence-corrected chi connectivity index (χ0v) is 16.6. The van der Waals surface area contributed by atoms with Gasteiger partial charge in [-0.3, -0.25) is 4.79 Å². The van der Waals surface area contributed by atoms with Crippen molar-refractivity contribution in [3.05, 3.63) is 23.3 Å². The Kier molecular flexibility index (Phi) is 6.32. The highest BCUT2D eigenvalue weighted by Gasteiger charge is 2.30. The lowest BCUT2D eigenvalue weighted by molar-refractivity contribution is -0.159. The molecule has 0 saturated heterocycles. The molecule has 0 saturated carbocycles. The van der Waals surface area contributed by atoms with E-state index < -0.39 is 11.5 Å². The second-order valence-electron chi connectivity index (χ2n) is 8.10. The van der Waals surface area contributed by atoms with Crippen LogP contribution in [0.2, 0.25) is 0 Å². The van der Waals surface area contributed by atoms with Crippen LogP contribution in [0.25, 0.3) is 0 Å². The SMILES string of the molecule is CCC(OC(=O)C(C)(C)C)c1c(OC)cc(C(C)(C)C)cc1OC. The highest BCUT2D eigenvalue weighted by molar-refractivity contribution is 5.75. The van der Waals surface area contributed by atoms with Gasteiger partial charge in [0.25, 0.3) is 0 Å². The summed E-state index contributed by atoms with van der Waals surface area (Å²) in [5.41, 5.74) is 1.30. The number of carbonyl (C=O) groups is 1. The van der Waals surface area contributed by atoms with Gasteiger partial charge in [0.2, 0.25) is 0 Å². The average Bonchev–Trinajstić information content (AvgIpc) is 2.49. The molecule has 24 heavy (non-hydrogen) atoms. The van der Waals surface area contributed by atoms with Crippen LogP contribution in [0.3, 0.4) is 0 Å². The van der Waals surface area contributed by atoms with Crippen LogP contribution < -0.4 is 9.47 Å². The molecular weight excluding hydrogens is 304 g/mol. The Hall–Kier alpha value is -1.71. The minimum atomic E-state index is -0.556. The summed E-state index contributed by atoms with van der Waals surface area (Å²) in [7, 11) is 3.26. The molecule has 0 aliphatic heterocycles. The van der Waals surface area contributed by atoms with Gasteiger partial charge in [0.05, 0.1) is 25.2 Å². The summed E-state index contributed by atoms with van der Waals surface area (Å²) >= 11 is 0. The third kappa shape index (κ3) is 4.65. The van der Waals surface area contributed by atoms with E-state index >= 15 is 0 Å². The summed E-state index contributed by atoms with van der Waals surface area (Å²) < 4.78 is 17.0. The molecule has 1 aromatic carbocycles. The van der Waals surface area contributed by atoms with Crippen molar-refractivity contribution in [2.45, 2.75) is 66.4 Å². The van der Waals surface area contributed by atoms with Gasteiger partial charge in [0.1, 0.15) is 17.6 Å². The monoisotopic (exact) mass is 336 g/mol. The third-order valence-electron chi connectivity index (χ3n) is 3.96. The van der Waals surface area contributed by atoms with E-state index in [1.165, 1.54) is 0 Å². The molecule has 4 nitrogen and oxygen atoms in total. The fourth-order valence-corrected chi connectivity index (χ4v) is 2.34. The first-order chi connectivity index (χ1) is 11.0. The zero-order chi connectivity index (χ0) is 18.7. The quantitative estimate of drug-likeness (QED) is 0.707. The molecule has 0 spiro atoms. The molecule has 0 amide bonds. The van der Waals surface area contributed by atoms with Crippen molar-refractivity contribution in [1.82, 2.24) is 0 Å². The van der Waals surface area contributed by atoms with E-state index in [-0.39, 0.29) is 11.4 Å². The van der Waals surface area contributed by atoms with Crippen molar-refractivity contribution in [3.63, 3.8) is 0 Å². The summed E-state index contributed by atoms with van der Waals surface area (Å²) in [6, 6.07) is 4.01. The van der Waals surface area contributed by atoms with Gasteiger partial charge < -0.3 is 14.2 Å². The van der Waals surface area contributed by atoms with Crippen molar-refractivity contribution in [3.8, 4) is 11.5 Å². The molecule has 0 N–H and O–H groups in total. The lowest BCUT2D eigenvalue weighted by Gasteiger charge is -2.27. The highest BCUT2D eigenvalue weighted by Crippen LogP contribution is 2.42. The number of benzene rings is 1. The first-order valence-corrected chi connectivity index (χ1v) is 8.43. The summed E-state index contributed by atoms with van der Waals surface area (Å²) in [5, 5.41) is 0. The van der Waals surface area contributed by atoms with E-state index in [2.05, 4.69) is 20.8 Å². The molecule has 0 aliphatic carbocycles. The average molecular weight is 336 g/mol. The second kappa shape index (κ2) is 7.45. The van der Waals surface area contributed by atoms with Crippen molar-refractivity contribution >= 4 is 5.97 Å². The minimum absolute atomic E-state index is 0.0388. The maximum Gasteiger partial charge on any atom is 0.311 e. The molecule has 1 aromatic rings. The Morgan fingerprint density at radius 1 is 1.00 bits per heavy atom. The Morgan fingerprint density at radius 3 is 1.75 bits per heavy atom. The molecule has 0 aromatic heterocycles. The van der Waals surface area contributed by atoms with Gasteiger partial charge in [-0.15, -0.1) is 0 Å². The maximum atomic E-state index is 12.3. The Balaban J connectivity index is 3.41. The lowest BCUT2D eigenvalue weighted by Crippen LogP contribution is -2.25. The van der Waals surface area contributed by atoms with Crippen LogP contribution in [-0.2, 0) is 14.9 Å². The number of methoxy groups -OCH3 is 2. The van der Waals surface area contributed by atoms with Crippen LogP contribution >= 0.6 is 0 Å². The highest BCUT2D eigenvalue weighted by atomic mass is 16.5. The molecular formula is C20H32O4. The number of hydrogen-bond donors (Lipinski definition) is 0. The normalized spacial score (nSPS) is 13.4. The maximum absolute atomic E-state index is 12.3. The second-order valence-corrected chi connectivity index (χ2v) is 8.10. The van der Waals surface area contributed by atoms with Crippen LogP contribution in [-0.4, -0.2) is 20.2 Å². The predicted octanol–water partition coefficient (Wildman–Crippen LogP) is 5.04. The molecule has 1 atom stereocenters. The summed E-state index contributed by atoms with van der Waals surface area (Å²) in [6.45, 7) is 13.9. The largest absolute Gasteiger partial charge is 0.496 e. The lowest BCUT2D eigenvalue weighted by atomic mass is 9.85. The Bertz CT molecular complexity index is 551. The number of esters is 1. The van der Waals surface area contributed by atoms with Crippen LogP contribution in [0.1, 0.15) is 72.1 Å². The third-order valence-corrected chi connectivity index (χ3v) is 3.96. The van der Waals surface area contributed by atoms with Crippen LogP contribution in [0.4, 0.5) is 0 Å². The molecule has 0 aliphatic rings. The molecule has 0 radical (unpaired) electrons. The molecule has 136 valence electrons. The Labute approximate surface area is 146 Å². The minimum Gasteiger partial charge on any atom is -0.496 e. The van der Waals surface area contributed by atoms with E-state index in [0.29, 0.717) is 17.9 Å². The molecule has 1 rings (SSSR count). The first-order valence-electron chi connectivity index (χ1n) is 8.43. The van der Waals surface area contributed by atoms with Gasteiger partial charge in [-0.1, -0.05) is 27.7 Å². The van der Waals surface area contributed by atoms with Gasteiger partial charge in [-0.05, 0) is 50.3 Å².